The van der Waals surface area contributed by atoms with Crippen LogP contribution in [0.25, 0.3) is 0 Å². The molecule has 0 aromatic rings. The van der Waals surface area contributed by atoms with Gasteiger partial charge in [-0.2, -0.15) is 0 Å². The fourth-order valence-corrected chi connectivity index (χ4v) is 0.803. The molecule has 2 heteroatoms. The molecule has 0 heterocycles. The van der Waals surface area contributed by atoms with Gasteiger partial charge in [-0.1, -0.05) is 28.2 Å². The van der Waals surface area contributed by atoms with Gasteiger partial charge in [0.1, 0.15) is 0 Å². The van der Waals surface area contributed by atoms with Gasteiger partial charge in [0, 0.05) is 19.6 Å². The zero-order valence-electron chi connectivity index (χ0n) is 6.89. The Morgan fingerprint density at radius 3 is 1.30 bits per heavy atom. The maximum Gasteiger partial charge on any atom is 0.161 e. The molecule has 0 saturated heterocycles. The second-order valence-corrected chi connectivity index (χ2v) is 3.17. The van der Waals surface area contributed by atoms with Crippen LogP contribution in [0.1, 0.15) is 28.2 Å². The zero-order chi connectivity index (χ0) is 7.49. The van der Waals surface area contributed by atoms with Gasteiger partial charge >= 0.3 is 0 Å². The maximum absolute atomic E-state index is 5.04. The zero-order valence-corrected chi connectivity index (χ0v) is 6.89. The van der Waals surface area contributed by atoms with Crippen molar-refractivity contribution in [2.24, 2.45) is 5.41 Å². The minimum atomic E-state index is -0.0995. The summed E-state index contributed by atoms with van der Waals surface area (Å²) in [7, 11) is 3.30. The molecule has 0 aromatic carbocycles. The van der Waals surface area contributed by atoms with E-state index in [1.54, 1.807) is 14.2 Å². The average molecular weight is 148 g/mol. The molecule has 0 unspecified atom stereocenters. The van der Waals surface area contributed by atoms with E-state index in [1.165, 1.54) is 0 Å². The van der Waals surface area contributed by atoms with Crippen molar-refractivity contribution in [1.82, 2.24) is 0 Å². The molecule has 0 atom stereocenters. The summed E-state index contributed by atoms with van der Waals surface area (Å²) in [5.74, 6) is 0. The lowest BCUT2D eigenvalue weighted by molar-refractivity contribution is -0.161. The first-order valence-corrected chi connectivity index (χ1v) is 3.08. The third-order valence-electron chi connectivity index (χ3n) is 1.14. The Kier molecular flexibility index (Phi) is 5.90. The molecular weight excluding hydrogens is 128 g/mol. The summed E-state index contributed by atoms with van der Waals surface area (Å²) < 4.78 is 10.1. The van der Waals surface area contributed by atoms with Crippen LogP contribution in [-0.4, -0.2) is 20.5 Å². The van der Waals surface area contributed by atoms with Gasteiger partial charge in [0.2, 0.25) is 0 Å². The SMILES string of the molecule is C.COC(OC)C(C)(C)C. The van der Waals surface area contributed by atoms with E-state index in [-0.39, 0.29) is 19.1 Å². The van der Waals surface area contributed by atoms with Gasteiger partial charge in [0.15, 0.2) is 6.29 Å². The van der Waals surface area contributed by atoms with Crippen molar-refractivity contribution >= 4 is 0 Å². The van der Waals surface area contributed by atoms with E-state index in [2.05, 4.69) is 20.8 Å². The van der Waals surface area contributed by atoms with Gasteiger partial charge in [0.05, 0.1) is 0 Å². The predicted octanol–water partition coefficient (Wildman–Crippen LogP) is 2.29. The van der Waals surface area contributed by atoms with E-state index in [0.29, 0.717) is 0 Å². The molecule has 0 amide bonds. The van der Waals surface area contributed by atoms with Crippen molar-refractivity contribution in [3.8, 4) is 0 Å². The Morgan fingerprint density at radius 2 is 1.30 bits per heavy atom. The fourth-order valence-electron chi connectivity index (χ4n) is 0.803. The Labute approximate surface area is 64.5 Å². The number of ether oxygens (including phenoxy) is 2. The van der Waals surface area contributed by atoms with Crippen LogP contribution in [0.2, 0.25) is 0 Å². The molecular formula is C8H20O2. The van der Waals surface area contributed by atoms with Crippen LogP contribution in [0, 0.1) is 5.41 Å². The quantitative estimate of drug-likeness (QED) is 0.559. The highest BCUT2D eigenvalue weighted by atomic mass is 16.7. The van der Waals surface area contributed by atoms with Crippen molar-refractivity contribution in [2.75, 3.05) is 14.2 Å². The second-order valence-electron chi connectivity index (χ2n) is 3.17. The van der Waals surface area contributed by atoms with Crippen LogP contribution in [0.15, 0.2) is 0 Å². The second kappa shape index (κ2) is 4.69. The average Bonchev–Trinajstić information content (AvgIpc) is 1.65. The summed E-state index contributed by atoms with van der Waals surface area (Å²) in [6, 6.07) is 0. The number of rotatable bonds is 2. The molecule has 0 aliphatic heterocycles. The molecule has 0 aliphatic rings. The lowest BCUT2D eigenvalue weighted by Gasteiger charge is -2.27. The number of hydrogen-bond acceptors (Lipinski definition) is 2. The molecule has 0 aromatic heterocycles. The standard InChI is InChI=1S/C7H16O2.CH4/c1-7(2,3)6(8-4)9-5;/h6H,1-5H3;1H4. The van der Waals surface area contributed by atoms with Crippen LogP contribution >= 0.6 is 0 Å². The minimum Gasteiger partial charge on any atom is -0.355 e. The lowest BCUT2D eigenvalue weighted by Crippen LogP contribution is -2.29. The molecule has 0 bridgehead atoms. The van der Waals surface area contributed by atoms with Crippen LogP contribution < -0.4 is 0 Å². The molecule has 0 N–H and O–H groups in total. The van der Waals surface area contributed by atoms with Crippen molar-refractivity contribution in [3.05, 3.63) is 0 Å². The highest BCUT2D eigenvalue weighted by Gasteiger charge is 2.23. The molecule has 10 heavy (non-hydrogen) atoms. The van der Waals surface area contributed by atoms with Crippen LogP contribution in [-0.2, 0) is 9.47 Å². The predicted molar refractivity (Wildman–Crippen MR) is 44.0 cm³/mol. The molecule has 0 aliphatic carbocycles. The molecule has 0 rings (SSSR count). The maximum atomic E-state index is 5.04. The van der Waals surface area contributed by atoms with Crippen LogP contribution in [0.4, 0.5) is 0 Å². The largest absolute Gasteiger partial charge is 0.355 e. The van der Waals surface area contributed by atoms with Crippen molar-refractivity contribution < 1.29 is 9.47 Å². The summed E-state index contributed by atoms with van der Waals surface area (Å²) in [5, 5.41) is 0. The molecule has 0 saturated carbocycles. The van der Waals surface area contributed by atoms with Gasteiger partial charge in [-0.25, -0.2) is 0 Å². The normalized spacial score (nSPS) is 11.4. The molecule has 2 nitrogen and oxygen atoms in total. The van der Waals surface area contributed by atoms with Crippen molar-refractivity contribution in [2.45, 2.75) is 34.5 Å². The highest BCUT2D eigenvalue weighted by molar-refractivity contribution is 4.64. The summed E-state index contributed by atoms with van der Waals surface area (Å²) in [4.78, 5) is 0. The van der Waals surface area contributed by atoms with Gasteiger partial charge in [-0.15, -0.1) is 0 Å². The first kappa shape index (κ1) is 12.6. The summed E-state index contributed by atoms with van der Waals surface area (Å²) in [6.45, 7) is 6.22. The first-order valence-electron chi connectivity index (χ1n) is 3.08. The summed E-state index contributed by atoms with van der Waals surface area (Å²) in [5.41, 5.74) is 0.0729. The Morgan fingerprint density at radius 1 is 1.00 bits per heavy atom. The number of hydrogen-bond donors (Lipinski definition) is 0. The van der Waals surface area contributed by atoms with Crippen molar-refractivity contribution in [3.63, 3.8) is 0 Å². The lowest BCUT2D eigenvalue weighted by atomic mass is 9.96. The number of methoxy groups -OCH3 is 2. The third kappa shape index (κ3) is 3.85. The van der Waals surface area contributed by atoms with Crippen LogP contribution in [0.5, 0.6) is 0 Å². The van der Waals surface area contributed by atoms with Gasteiger partial charge in [-0.05, 0) is 0 Å². The van der Waals surface area contributed by atoms with Gasteiger partial charge in [-0.3, -0.25) is 0 Å². The molecule has 0 radical (unpaired) electrons. The smallest absolute Gasteiger partial charge is 0.161 e. The van der Waals surface area contributed by atoms with Gasteiger partial charge in [0.25, 0.3) is 0 Å². The van der Waals surface area contributed by atoms with E-state index in [0.717, 1.165) is 0 Å². The molecule has 0 spiro atoms. The monoisotopic (exact) mass is 148 g/mol. The van der Waals surface area contributed by atoms with Crippen LogP contribution in [0.3, 0.4) is 0 Å². The van der Waals surface area contributed by atoms with E-state index in [1.807, 2.05) is 0 Å². The molecule has 64 valence electrons. The Bertz CT molecular complexity index is 69.8. The summed E-state index contributed by atoms with van der Waals surface area (Å²) in [6.07, 6.45) is -0.0995. The van der Waals surface area contributed by atoms with E-state index >= 15 is 0 Å². The Hall–Kier alpha value is -0.0800. The first-order chi connectivity index (χ1) is 4.02. The minimum absolute atomic E-state index is 0. The highest BCUT2D eigenvalue weighted by Crippen LogP contribution is 2.21. The van der Waals surface area contributed by atoms with Crippen molar-refractivity contribution in [1.29, 1.82) is 0 Å². The third-order valence-corrected chi connectivity index (χ3v) is 1.14. The van der Waals surface area contributed by atoms with E-state index < -0.39 is 0 Å². The van der Waals surface area contributed by atoms with E-state index in [4.69, 9.17) is 9.47 Å². The van der Waals surface area contributed by atoms with E-state index in [9.17, 15) is 0 Å². The molecule has 0 fully saturated rings. The van der Waals surface area contributed by atoms with Gasteiger partial charge < -0.3 is 9.47 Å². The topological polar surface area (TPSA) is 18.5 Å². The Balaban J connectivity index is 0. The summed E-state index contributed by atoms with van der Waals surface area (Å²) >= 11 is 0. The fraction of sp³-hybridized carbons (Fsp3) is 1.00.